The summed E-state index contributed by atoms with van der Waals surface area (Å²) in [5.41, 5.74) is 3.75. The van der Waals surface area contributed by atoms with Gasteiger partial charge in [-0.1, -0.05) is 54.1 Å². The van der Waals surface area contributed by atoms with E-state index >= 15 is 0 Å². The van der Waals surface area contributed by atoms with E-state index in [1.807, 2.05) is 59.5 Å². The molecule has 1 aliphatic rings. The zero-order valence-corrected chi connectivity index (χ0v) is 17.1. The van der Waals surface area contributed by atoms with Crippen LogP contribution in [0.3, 0.4) is 0 Å². The van der Waals surface area contributed by atoms with Crippen LogP contribution in [0.15, 0.2) is 66.7 Å². The summed E-state index contributed by atoms with van der Waals surface area (Å²) >= 11 is 6.34. The van der Waals surface area contributed by atoms with Gasteiger partial charge in [0.05, 0.1) is 30.8 Å². The fourth-order valence-electron chi connectivity index (χ4n) is 3.95. The number of methoxy groups -OCH3 is 2. The van der Waals surface area contributed by atoms with E-state index in [4.69, 9.17) is 21.1 Å². The summed E-state index contributed by atoms with van der Waals surface area (Å²) < 4.78 is 11.0. The van der Waals surface area contributed by atoms with E-state index in [9.17, 15) is 4.79 Å². The second kappa shape index (κ2) is 8.18. The highest BCUT2D eigenvalue weighted by molar-refractivity contribution is 6.33. The maximum Gasteiger partial charge on any atom is 0.256 e. The molecule has 5 heteroatoms. The molecule has 0 saturated carbocycles. The number of ether oxygens (including phenoxy) is 2. The molecule has 0 fully saturated rings. The fourth-order valence-corrected chi connectivity index (χ4v) is 4.17. The van der Waals surface area contributed by atoms with Crippen LogP contribution in [-0.2, 0) is 6.42 Å². The molecule has 0 aromatic heterocycles. The Morgan fingerprint density at radius 1 is 0.966 bits per heavy atom. The van der Waals surface area contributed by atoms with Crippen LogP contribution in [-0.4, -0.2) is 31.6 Å². The summed E-state index contributed by atoms with van der Waals surface area (Å²) in [5.74, 6) is 1.27. The summed E-state index contributed by atoms with van der Waals surface area (Å²) in [6.45, 7) is 0.589. The molecule has 0 N–H and O–H groups in total. The van der Waals surface area contributed by atoms with Crippen molar-refractivity contribution < 1.29 is 14.3 Å². The third-order valence-electron chi connectivity index (χ3n) is 5.35. The molecule has 1 aliphatic heterocycles. The van der Waals surface area contributed by atoms with Gasteiger partial charge >= 0.3 is 0 Å². The summed E-state index contributed by atoms with van der Waals surface area (Å²) in [7, 11) is 3.26. The van der Waals surface area contributed by atoms with Crippen LogP contribution in [0.25, 0.3) is 0 Å². The minimum absolute atomic E-state index is 0.0788. The number of halogens is 1. The van der Waals surface area contributed by atoms with E-state index < -0.39 is 0 Å². The molecule has 29 heavy (non-hydrogen) atoms. The first-order chi connectivity index (χ1) is 14.1. The lowest BCUT2D eigenvalue weighted by Crippen LogP contribution is -2.40. The van der Waals surface area contributed by atoms with Crippen molar-refractivity contribution >= 4 is 17.5 Å². The number of amides is 1. The highest BCUT2D eigenvalue weighted by Crippen LogP contribution is 2.41. The molecule has 3 aromatic rings. The molecular weight excluding hydrogens is 386 g/mol. The molecule has 0 saturated heterocycles. The van der Waals surface area contributed by atoms with E-state index in [-0.39, 0.29) is 11.9 Å². The lowest BCUT2D eigenvalue weighted by molar-refractivity contribution is 0.0694. The molecule has 3 aromatic carbocycles. The summed E-state index contributed by atoms with van der Waals surface area (Å²) in [6, 6.07) is 21.0. The quantitative estimate of drug-likeness (QED) is 0.600. The van der Waals surface area contributed by atoms with Crippen LogP contribution >= 0.6 is 11.6 Å². The predicted octanol–water partition coefficient (Wildman–Crippen LogP) is 5.15. The number of rotatable bonds is 4. The lowest BCUT2D eigenvalue weighted by Gasteiger charge is -2.38. The normalized spacial score (nSPS) is 15.6. The summed E-state index contributed by atoms with van der Waals surface area (Å²) in [6.07, 6.45) is 0.731. The standard InChI is InChI=1S/C24H22ClNO3/c1-28-21-14-17-12-13-26(24(27)18-10-6-7-11-20(18)25)23(16-8-4-3-5-9-16)19(17)15-22(21)29-2/h3-11,14-15,23H,12-13H2,1-2H3. The Morgan fingerprint density at radius 3 is 2.31 bits per heavy atom. The number of hydrogen-bond donors (Lipinski definition) is 0. The molecule has 1 atom stereocenters. The molecular formula is C24H22ClNO3. The van der Waals surface area contributed by atoms with Crippen LogP contribution < -0.4 is 9.47 Å². The van der Waals surface area contributed by atoms with E-state index in [1.54, 1.807) is 26.4 Å². The smallest absolute Gasteiger partial charge is 0.256 e. The second-order valence-electron chi connectivity index (χ2n) is 6.95. The van der Waals surface area contributed by atoms with Crippen molar-refractivity contribution in [3.63, 3.8) is 0 Å². The highest BCUT2D eigenvalue weighted by atomic mass is 35.5. The van der Waals surface area contributed by atoms with E-state index in [0.717, 1.165) is 23.1 Å². The van der Waals surface area contributed by atoms with Gasteiger partial charge in [0.1, 0.15) is 0 Å². The largest absolute Gasteiger partial charge is 0.493 e. The van der Waals surface area contributed by atoms with Crippen molar-refractivity contribution in [1.82, 2.24) is 4.90 Å². The number of fused-ring (bicyclic) bond motifs is 1. The Bertz CT molecular complexity index is 1040. The molecule has 1 amide bonds. The summed E-state index contributed by atoms with van der Waals surface area (Å²) in [4.78, 5) is 15.4. The van der Waals surface area contributed by atoms with Gasteiger partial charge in [-0.25, -0.2) is 0 Å². The molecule has 0 radical (unpaired) electrons. The van der Waals surface area contributed by atoms with Gasteiger partial charge < -0.3 is 14.4 Å². The Balaban J connectivity index is 1.86. The number of nitrogens with zero attached hydrogens (tertiary/aromatic N) is 1. The van der Waals surface area contributed by atoms with Crippen LogP contribution in [0.4, 0.5) is 0 Å². The van der Waals surface area contributed by atoms with E-state index in [1.165, 1.54) is 0 Å². The van der Waals surface area contributed by atoms with Crippen molar-refractivity contribution in [2.45, 2.75) is 12.5 Å². The van der Waals surface area contributed by atoms with Gasteiger partial charge in [-0.05, 0) is 47.4 Å². The van der Waals surface area contributed by atoms with Gasteiger partial charge in [0.2, 0.25) is 0 Å². The number of carbonyl (C=O) groups is 1. The van der Waals surface area contributed by atoms with Crippen LogP contribution in [0.2, 0.25) is 5.02 Å². The Labute approximate surface area is 175 Å². The van der Waals surface area contributed by atoms with E-state index in [0.29, 0.717) is 28.6 Å². The van der Waals surface area contributed by atoms with Gasteiger partial charge in [-0.15, -0.1) is 0 Å². The zero-order chi connectivity index (χ0) is 20.4. The minimum atomic E-state index is -0.233. The van der Waals surface area contributed by atoms with E-state index in [2.05, 4.69) is 0 Å². The van der Waals surface area contributed by atoms with Gasteiger partial charge in [0.25, 0.3) is 5.91 Å². The van der Waals surface area contributed by atoms with Gasteiger partial charge in [0.15, 0.2) is 11.5 Å². The van der Waals surface area contributed by atoms with Crippen molar-refractivity contribution in [1.29, 1.82) is 0 Å². The average molecular weight is 408 g/mol. The van der Waals surface area contributed by atoms with Crippen LogP contribution in [0, 0.1) is 0 Å². The maximum absolute atomic E-state index is 13.5. The van der Waals surface area contributed by atoms with Crippen molar-refractivity contribution in [2.75, 3.05) is 20.8 Å². The topological polar surface area (TPSA) is 38.8 Å². The third-order valence-corrected chi connectivity index (χ3v) is 5.68. The Morgan fingerprint density at radius 2 is 1.62 bits per heavy atom. The Hall–Kier alpha value is -2.98. The van der Waals surface area contributed by atoms with Crippen molar-refractivity contribution in [3.8, 4) is 11.5 Å². The molecule has 0 spiro atoms. The number of benzene rings is 3. The highest BCUT2D eigenvalue weighted by Gasteiger charge is 2.34. The molecule has 4 nitrogen and oxygen atoms in total. The van der Waals surface area contributed by atoms with Gasteiger partial charge in [-0.3, -0.25) is 4.79 Å². The average Bonchev–Trinajstić information content (AvgIpc) is 2.77. The molecule has 0 aliphatic carbocycles. The van der Waals surface area contributed by atoms with Gasteiger partial charge in [-0.2, -0.15) is 0 Å². The van der Waals surface area contributed by atoms with Crippen molar-refractivity contribution in [2.24, 2.45) is 0 Å². The lowest BCUT2D eigenvalue weighted by atomic mass is 9.87. The first-order valence-electron chi connectivity index (χ1n) is 9.49. The molecule has 148 valence electrons. The summed E-state index contributed by atoms with van der Waals surface area (Å²) in [5, 5.41) is 0.461. The fraction of sp³-hybridized carbons (Fsp3) is 0.208. The SMILES string of the molecule is COc1cc2c(cc1OC)C(c1ccccc1)N(C(=O)c1ccccc1Cl)CC2. The second-order valence-corrected chi connectivity index (χ2v) is 7.35. The monoisotopic (exact) mass is 407 g/mol. The first-order valence-corrected chi connectivity index (χ1v) is 9.87. The molecule has 1 heterocycles. The number of hydrogen-bond acceptors (Lipinski definition) is 3. The van der Waals surface area contributed by atoms with Crippen LogP contribution in [0.5, 0.6) is 11.5 Å². The van der Waals surface area contributed by atoms with Crippen molar-refractivity contribution in [3.05, 3.63) is 94.0 Å². The minimum Gasteiger partial charge on any atom is -0.493 e. The molecule has 0 bridgehead atoms. The zero-order valence-electron chi connectivity index (χ0n) is 16.4. The molecule has 1 unspecified atom stereocenters. The predicted molar refractivity (Wildman–Crippen MR) is 114 cm³/mol. The maximum atomic E-state index is 13.5. The first kappa shape index (κ1) is 19.3. The number of carbonyl (C=O) groups excluding carboxylic acids is 1. The third kappa shape index (κ3) is 3.56. The Kier molecular flexibility index (Phi) is 5.45. The van der Waals surface area contributed by atoms with Gasteiger partial charge in [0, 0.05) is 6.54 Å². The van der Waals surface area contributed by atoms with Crippen LogP contribution in [0.1, 0.15) is 33.1 Å². The molecule has 4 rings (SSSR count).